The molecule has 0 aliphatic rings. The van der Waals surface area contributed by atoms with E-state index in [1.165, 1.54) is 0 Å². The quantitative estimate of drug-likeness (QED) is 0.339. The van der Waals surface area contributed by atoms with Gasteiger partial charge in [0.05, 0.1) is 28.3 Å². The topological polar surface area (TPSA) is 156 Å². The molecule has 0 radical (unpaired) electrons. The molecule has 0 aromatic heterocycles. The molecule has 2 N–H and O–H groups in total. The Bertz CT molecular complexity index is 647. The van der Waals surface area contributed by atoms with Gasteiger partial charge in [0, 0.05) is 11.0 Å². The highest BCUT2D eigenvalue weighted by atomic mass is 32.2. The van der Waals surface area contributed by atoms with Crippen LogP contribution in [0.25, 0.3) is 0 Å². The molecule has 10 nitrogen and oxygen atoms in total. The molecule has 0 saturated carbocycles. The summed E-state index contributed by atoms with van der Waals surface area (Å²) < 4.78 is 4.68. The molecule has 0 aliphatic heterocycles. The smallest absolute Gasteiger partial charge is 0.316 e. The Labute approximate surface area is 127 Å². The number of nitro groups is 2. The van der Waals surface area contributed by atoms with E-state index in [1.54, 1.807) is 6.92 Å². The molecule has 0 unspecified atom stereocenters. The molecule has 0 saturated heterocycles. The Morgan fingerprint density at radius 3 is 2.36 bits per heavy atom. The Morgan fingerprint density at radius 1 is 1.27 bits per heavy atom. The molecule has 0 atom stereocenters. The first-order chi connectivity index (χ1) is 10.3. The standard InChI is InChI=1S/C11H11N3O7S/c1-2-21-9(15)5-22-8-4-6(13(17)18)3-7(14(19)20)10(8)11(12)16/h3-4H,2,5H2,1H3,(H2,12,16). The summed E-state index contributed by atoms with van der Waals surface area (Å²) in [5.74, 6) is -2.02. The molecule has 0 bridgehead atoms. The number of hydrogen-bond acceptors (Lipinski definition) is 8. The molecule has 1 aromatic carbocycles. The summed E-state index contributed by atoms with van der Waals surface area (Å²) in [4.78, 5) is 42.6. The van der Waals surface area contributed by atoms with Crippen molar-refractivity contribution in [3.63, 3.8) is 0 Å². The van der Waals surface area contributed by atoms with E-state index in [1.807, 2.05) is 0 Å². The molecule has 11 heteroatoms. The number of nitrogens with two attached hydrogens (primary N) is 1. The number of esters is 1. The van der Waals surface area contributed by atoms with Crippen LogP contribution >= 0.6 is 11.8 Å². The molecule has 0 spiro atoms. The number of ether oxygens (including phenoxy) is 1. The van der Waals surface area contributed by atoms with Crippen LogP contribution < -0.4 is 5.73 Å². The van der Waals surface area contributed by atoms with Crippen LogP contribution in [0.15, 0.2) is 17.0 Å². The first kappa shape index (κ1) is 17.4. The van der Waals surface area contributed by atoms with Crippen LogP contribution in [0.4, 0.5) is 11.4 Å². The van der Waals surface area contributed by atoms with Crippen molar-refractivity contribution >= 4 is 35.0 Å². The lowest BCUT2D eigenvalue weighted by molar-refractivity contribution is -0.394. The molecule has 1 amide bonds. The predicted octanol–water partition coefficient (Wildman–Crippen LogP) is 1.26. The number of thioether (sulfide) groups is 1. The zero-order valence-electron chi connectivity index (χ0n) is 11.3. The van der Waals surface area contributed by atoms with Gasteiger partial charge in [0.25, 0.3) is 17.3 Å². The molecular formula is C11H11N3O7S. The van der Waals surface area contributed by atoms with Crippen molar-refractivity contribution in [1.29, 1.82) is 0 Å². The number of nitrogens with zero attached hydrogens (tertiary/aromatic N) is 2. The fraction of sp³-hybridized carbons (Fsp3) is 0.273. The lowest BCUT2D eigenvalue weighted by Gasteiger charge is -2.07. The highest BCUT2D eigenvalue weighted by Crippen LogP contribution is 2.34. The minimum atomic E-state index is -1.12. The van der Waals surface area contributed by atoms with Crippen molar-refractivity contribution < 1.29 is 24.2 Å². The van der Waals surface area contributed by atoms with Crippen molar-refractivity contribution in [2.75, 3.05) is 12.4 Å². The van der Waals surface area contributed by atoms with Crippen LogP contribution in [0, 0.1) is 20.2 Å². The van der Waals surface area contributed by atoms with E-state index >= 15 is 0 Å². The average molecular weight is 329 g/mol. The molecule has 0 fully saturated rings. The van der Waals surface area contributed by atoms with Gasteiger partial charge in [0.15, 0.2) is 0 Å². The second-order valence-corrected chi connectivity index (χ2v) is 4.83. The van der Waals surface area contributed by atoms with Crippen LogP contribution in [0.3, 0.4) is 0 Å². The summed E-state index contributed by atoms with van der Waals surface area (Å²) in [6, 6.07) is 1.60. The summed E-state index contributed by atoms with van der Waals surface area (Å²) >= 11 is 0.702. The number of non-ortho nitro benzene ring substituents is 1. The number of benzene rings is 1. The van der Waals surface area contributed by atoms with Crippen molar-refractivity contribution in [3.05, 3.63) is 37.9 Å². The Balaban J connectivity index is 3.32. The maximum absolute atomic E-state index is 11.4. The number of nitro benzene ring substituents is 2. The van der Waals surface area contributed by atoms with Gasteiger partial charge in [0.1, 0.15) is 5.56 Å². The fourth-order valence-corrected chi connectivity index (χ4v) is 2.45. The molecule has 0 heterocycles. The monoisotopic (exact) mass is 329 g/mol. The molecule has 1 aromatic rings. The summed E-state index contributed by atoms with van der Waals surface area (Å²) in [5.41, 5.74) is 3.26. The van der Waals surface area contributed by atoms with Crippen molar-refractivity contribution in [3.8, 4) is 0 Å². The van der Waals surface area contributed by atoms with E-state index < -0.39 is 38.7 Å². The number of carbonyl (C=O) groups is 2. The Hall–Kier alpha value is -2.69. The highest BCUT2D eigenvalue weighted by molar-refractivity contribution is 8.00. The van der Waals surface area contributed by atoms with E-state index in [4.69, 9.17) is 5.73 Å². The third-order valence-electron chi connectivity index (χ3n) is 2.37. The largest absolute Gasteiger partial charge is 0.465 e. The van der Waals surface area contributed by atoms with Gasteiger partial charge in [-0.15, -0.1) is 11.8 Å². The number of rotatable bonds is 7. The Morgan fingerprint density at radius 2 is 1.91 bits per heavy atom. The lowest BCUT2D eigenvalue weighted by atomic mass is 10.1. The average Bonchev–Trinajstić information content (AvgIpc) is 2.43. The second kappa shape index (κ2) is 7.36. The zero-order valence-corrected chi connectivity index (χ0v) is 12.1. The predicted molar refractivity (Wildman–Crippen MR) is 75.6 cm³/mol. The highest BCUT2D eigenvalue weighted by Gasteiger charge is 2.28. The molecule has 1 rings (SSSR count). The van der Waals surface area contributed by atoms with Gasteiger partial charge in [0.2, 0.25) is 0 Å². The van der Waals surface area contributed by atoms with Crippen molar-refractivity contribution in [2.24, 2.45) is 5.73 Å². The van der Waals surface area contributed by atoms with Crippen LogP contribution in [0.1, 0.15) is 17.3 Å². The molecule has 22 heavy (non-hydrogen) atoms. The summed E-state index contributed by atoms with van der Waals surface area (Å²) in [5, 5.41) is 21.8. The van der Waals surface area contributed by atoms with Crippen LogP contribution in [0.5, 0.6) is 0 Å². The van der Waals surface area contributed by atoms with Gasteiger partial charge >= 0.3 is 5.97 Å². The van der Waals surface area contributed by atoms with Crippen LogP contribution in [-0.4, -0.2) is 34.1 Å². The zero-order chi connectivity index (χ0) is 16.9. The maximum atomic E-state index is 11.4. The normalized spacial score (nSPS) is 10.0. The van der Waals surface area contributed by atoms with Gasteiger partial charge in [-0.3, -0.25) is 29.8 Å². The molecular weight excluding hydrogens is 318 g/mol. The van der Waals surface area contributed by atoms with Crippen molar-refractivity contribution in [2.45, 2.75) is 11.8 Å². The number of hydrogen-bond donors (Lipinski definition) is 1. The molecule has 0 aliphatic carbocycles. The van der Waals surface area contributed by atoms with E-state index in [9.17, 15) is 29.8 Å². The first-order valence-electron chi connectivity index (χ1n) is 5.83. The summed E-state index contributed by atoms with van der Waals surface area (Å²) in [6.07, 6.45) is 0. The second-order valence-electron chi connectivity index (χ2n) is 3.81. The van der Waals surface area contributed by atoms with Gasteiger partial charge in [-0.2, -0.15) is 0 Å². The van der Waals surface area contributed by atoms with E-state index in [0.29, 0.717) is 17.8 Å². The van der Waals surface area contributed by atoms with Gasteiger partial charge < -0.3 is 10.5 Å². The third-order valence-corrected chi connectivity index (χ3v) is 3.38. The summed E-state index contributed by atoms with van der Waals surface area (Å²) in [6.45, 7) is 1.73. The lowest BCUT2D eigenvalue weighted by Crippen LogP contribution is -2.16. The number of amides is 1. The van der Waals surface area contributed by atoms with Gasteiger partial charge in [-0.05, 0) is 6.92 Å². The van der Waals surface area contributed by atoms with Gasteiger partial charge in [-0.1, -0.05) is 0 Å². The van der Waals surface area contributed by atoms with E-state index in [-0.39, 0.29) is 17.3 Å². The van der Waals surface area contributed by atoms with Crippen LogP contribution in [-0.2, 0) is 9.53 Å². The van der Waals surface area contributed by atoms with Crippen molar-refractivity contribution in [1.82, 2.24) is 0 Å². The number of primary amides is 1. The van der Waals surface area contributed by atoms with Crippen LogP contribution in [0.2, 0.25) is 0 Å². The minimum absolute atomic E-state index is 0.124. The number of carbonyl (C=O) groups excluding carboxylic acids is 2. The summed E-state index contributed by atoms with van der Waals surface area (Å²) in [7, 11) is 0. The third kappa shape index (κ3) is 4.15. The first-order valence-corrected chi connectivity index (χ1v) is 6.81. The van der Waals surface area contributed by atoms with E-state index in [2.05, 4.69) is 4.74 Å². The van der Waals surface area contributed by atoms with E-state index in [0.717, 1.165) is 6.07 Å². The minimum Gasteiger partial charge on any atom is -0.465 e. The Kier molecular flexibility index (Phi) is 5.81. The molecule has 118 valence electrons. The fourth-order valence-electron chi connectivity index (χ4n) is 1.54. The maximum Gasteiger partial charge on any atom is 0.316 e. The van der Waals surface area contributed by atoms with Gasteiger partial charge in [-0.25, -0.2) is 0 Å². The SMILES string of the molecule is CCOC(=O)CSc1cc([N+](=O)[O-])cc([N+](=O)[O-])c1C(N)=O.